The fourth-order valence-electron chi connectivity index (χ4n) is 2.49. The third-order valence-electron chi connectivity index (χ3n) is 3.91. The monoisotopic (exact) mass is 419 g/mol. The summed E-state index contributed by atoms with van der Waals surface area (Å²) in [7, 11) is -3.83. The molecule has 0 spiro atoms. The Labute approximate surface area is 170 Å². The van der Waals surface area contributed by atoms with Crippen LogP contribution in [0.3, 0.4) is 0 Å². The van der Waals surface area contributed by atoms with Crippen LogP contribution in [0.2, 0.25) is 0 Å². The number of sulfonamides is 1. The molecule has 1 atom stereocenters. The van der Waals surface area contributed by atoms with Gasteiger partial charge >= 0.3 is 0 Å². The van der Waals surface area contributed by atoms with Gasteiger partial charge < -0.3 is 15.4 Å². The van der Waals surface area contributed by atoms with Crippen molar-refractivity contribution in [1.29, 1.82) is 0 Å². The number of amides is 2. The predicted molar refractivity (Wildman–Crippen MR) is 110 cm³/mol. The topological polar surface area (TPSA) is 114 Å². The lowest BCUT2D eigenvalue weighted by Gasteiger charge is -2.14. The van der Waals surface area contributed by atoms with Crippen molar-refractivity contribution in [1.82, 2.24) is 10.6 Å². The smallest absolute Gasteiger partial charge is 0.261 e. The lowest BCUT2D eigenvalue weighted by atomic mass is 10.2. The third kappa shape index (κ3) is 6.21. The van der Waals surface area contributed by atoms with Crippen LogP contribution in [0.5, 0.6) is 5.75 Å². The van der Waals surface area contributed by atoms with Crippen LogP contribution in [0.1, 0.15) is 31.1 Å². The normalized spacial score (nSPS) is 12.0. The van der Waals surface area contributed by atoms with E-state index in [9.17, 15) is 18.0 Å². The number of likely N-dealkylation sites (N-methyl/N-ethyl adjacent to an activating group) is 1. The molecule has 2 rings (SSSR count). The zero-order valence-electron chi connectivity index (χ0n) is 16.6. The highest BCUT2D eigenvalue weighted by Gasteiger charge is 2.18. The van der Waals surface area contributed by atoms with Crippen molar-refractivity contribution in [3.63, 3.8) is 0 Å². The first kappa shape index (κ1) is 22.2. The highest BCUT2D eigenvalue weighted by molar-refractivity contribution is 7.92. The Morgan fingerprint density at radius 2 is 1.76 bits per heavy atom. The molecule has 0 aliphatic carbocycles. The summed E-state index contributed by atoms with van der Waals surface area (Å²) in [6.07, 6.45) is 0. The molecule has 29 heavy (non-hydrogen) atoms. The van der Waals surface area contributed by atoms with Crippen molar-refractivity contribution in [2.45, 2.75) is 31.7 Å². The van der Waals surface area contributed by atoms with E-state index >= 15 is 0 Å². The molecular weight excluding hydrogens is 394 g/mol. The molecule has 0 saturated heterocycles. The molecule has 3 N–H and O–H groups in total. The number of ether oxygens (including phenoxy) is 1. The zero-order valence-corrected chi connectivity index (χ0v) is 17.4. The van der Waals surface area contributed by atoms with Crippen molar-refractivity contribution in [2.75, 3.05) is 17.9 Å². The second kappa shape index (κ2) is 9.92. The average Bonchev–Trinajstić information content (AvgIpc) is 2.68. The first-order chi connectivity index (χ1) is 13.8. The summed E-state index contributed by atoms with van der Waals surface area (Å²) < 4.78 is 32.9. The molecule has 0 heterocycles. The molecule has 0 aliphatic heterocycles. The number of nitrogens with one attached hydrogen (secondary N) is 3. The first-order valence-electron chi connectivity index (χ1n) is 9.21. The van der Waals surface area contributed by atoms with Crippen LogP contribution in [0, 0.1) is 0 Å². The van der Waals surface area contributed by atoms with Gasteiger partial charge in [-0.1, -0.05) is 6.07 Å². The van der Waals surface area contributed by atoms with Crippen LogP contribution >= 0.6 is 0 Å². The van der Waals surface area contributed by atoms with Crippen LogP contribution < -0.4 is 20.1 Å². The SMILES string of the molecule is CCNC(=O)[C@@H](C)NC(=O)c1cccc(NS(=O)(=O)c2ccc(OCC)cc2)c1. The minimum absolute atomic E-state index is 0.0701. The van der Waals surface area contributed by atoms with E-state index in [1.807, 2.05) is 6.92 Å². The molecule has 2 aromatic rings. The number of hydrogen-bond acceptors (Lipinski definition) is 5. The molecule has 0 bridgehead atoms. The summed E-state index contributed by atoms with van der Waals surface area (Å²) in [5.41, 5.74) is 0.463. The van der Waals surface area contributed by atoms with E-state index in [2.05, 4.69) is 15.4 Å². The number of hydrogen-bond donors (Lipinski definition) is 3. The van der Waals surface area contributed by atoms with Gasteiger partial charge in [0.1, 0.15) is 11.8 Å². The van der Waals surface area contributed by atoms with Gasteiger partial charge in [0.15, 0.2) is 0 Å². The van der Waals surface area contributed by atoms with Gasteiger partial charge in [0.2, 0.25) is 5.91 Å². The van der Waals surface area contributed by atoms with Gasteiger partial charge in [-0.3, -0.25) is 14.3 Å². The number of carbonyl (C=O) groups excluding carboxylic acids is 2. The van der Waals surface area contributed by atoms with Crippen LogP contribution in [-0.4, -0.2) is 39.4 Å². The van der Waals surface area contributed by atoms with E-state index in [0.717, 1.165) is 0 Å². The summed E-state index contributed by atoms with van der Waals surface area (Å²) >= 11 is 0. The zero-order chi connectivity index (χ0) is 21.4. The Hall–Kier alpha value is -3.07. The number of benzene rings is 2. The number of anilines is 1. The van der Waals surface area contributed by atoms with E-state index in [4.69, 9.17) is 4.74 Å². The number of carbonyl (C=O) groups is 2. The van der Waals surface area contributed by atoms with E-state index in [-0.39, 0.29) is 22.1 Å². The van der Waals surface area contributed by atoms with Crippen molar-refractivity contribution >= 4 is 27.5 Å². The van der Waals surface area contributed by atoms with E-state index in [1.165, 1.54) is 30.3 Å². The van der Waals surface area contributed by atoms with E-state index in [1.54, 1.807) is 32.0 Å². The molecule has 0 fully saturated rings. The van der Waals surface area contributed by atoms with Gasteiger partial charge in [-0.15, -0.1) is 0 Å². The molecule has 0 radical (unpaired) electrons. The summed E-state index contributed by atoms with van der Waals surface area (Å²) in [6.45, 7) is 6.14. The van der Waals surface area contributed by atoms with Gasteiger partial charge in [0, 0.05) is 17.8 Å². The lowest BCUT2D eigenvalue weighted by molar-refractivity contribution is -0.122. The largest absolute Gasteiger partial charge is 0.494 e. The Kier molecular flexibility index (Phi) is 7.60. The standard InChI is InChI=1S/C20H25N3O5S/c1-4-21-19(24)14(3)22-20(25)15-7-6-8-16(13-15)23-29(26,27)18-11-9-17(10-12-18)28-5-2/h6-14,23H,4-5H2,1-3H3,(H,21,24)(H,22,25)/t14-/m1/s1. The molecule has 8 nitrogen and oxygen atoms in total. The highest BCUT2D eigenvalue weighted by Crippen LogP contribution is 2.20. The maximum atomic E-state index is 12.6. The molecule has 0 unspecified atom stereocenters. The minimum Gasteiger partial charge on any atom is -0.494 e. The molecule has 2 aromatic carbocycles. The van der Waals surface area contributed by atoms with Crippen molar-refractivity contribution < 1.29 is 22.7 Å². The third-order valence-corrected chi connectivity index (χ3v) is 5.31. The maximum absolute atomic E-state index is 12.6. The molecule has 9 heteroatoms. The Morgan fingerprint density at radius 1 is 1.07 bits per heavy atom. The Balaban J connectivity index is 2.12. The molecule has 2 amide bonds. The summed E-state index contributed by atoms with van der Waals surface area (Å²) in [6, 6.07) is 11.4. The quantitative estimate of drug-likeness (QED) is 0.576. The van der Waals surface area contributed by atoms with Crippen LogP contribution in [0.15, 0.2) is 53.4 Å². The fraction of sp³-hybridized carbons (Fsp3) is 0.300. The summed E-state index contributed by atoms with van der Waals surface area (Å²) in [5, 5.41) is 5.20. The highest BCUT2D eigenvalue weighted by atomic mass is 32.2. The van der Waals surface area contributed by atoms with Crippen molar-refractivity contribution in [3.8, 4) is 5.75 Å². The fourth-order valence-corrected chi connectivity index (χ4v) is 3.54. The second-order valence-corrected chi connectivity index (χ2v) is 7.86. The maximum Gasteiger partial charge on any atom is 0.261 e. The molecule has 0 aliphatic rings. The Bertz CT molecular complexity index is 958. The molecule has 0 aromatic heterocycles. The first-order valence-corrected chi connectivity index (χ1v) is 10.7. The van der Waals surface area contributed by atoms with Crippen LogP contribution in [0.25, 0.3) is 0 Å². The average molecular weight is 420 g/mol. The van der Waals surface area contributed by atoms with Gasteiger partial charge in [0.25, 0.3) is 15.9 Å². The number of rotatable bonds is 9. The van der Waals surface area contributed by atoms with E-state index in [0.29, 0.717) is 18.9 Å². The summed E-state index contributed by atoms with van der Waals surface area (Å²) in [4.78, 5) is 24.2. The molecular formula is C20H25N3O5S. The second-order valence-electron chi connectivity index (χ2n) is 6.18. The Morgan fingerprint density at radius 3 is 2.38 bits per heavy atom. The van der Waals surface area contributed by atoms with Crippen molar-refractivity contribution in [2.24, 2.45) is 0 Å². The molecule has 0 saturated carbocycles. The van der Waals surface area contributed by atoms with Crippen LogP contribution in [-0.2, 0) is 14.8 Å². The lowest BCUT2D eigenvalue weighted by Crippen LogP contribution is -2.44. The predicted octanol–water partition coefficient (Wildman–Crippen LogP) is 2.14. The van der Waals surface area contributed by atoms with E-state index < -0.39 is 22.0 Å². The van der Waals surface area contributed by atoms with Crippen LogP contribution in [0.4, 0.5) is 5.69 Å². The molecule has 156 valence electrons. The van der Waals surface area contributed by atoms with Gasteiger partial charge in [-0.05, 0) is 63.2 Å². The minimum atomic E-state index is -3.83. The van der Waals surface area contributed by atoms with Gasteiger partial charge in [-0.2, -0.15) is 0 Å². The van der Waals surface area contributed by atoms with Gasteiger partial charge in [-0.25, -0.2) is 8.42 Å². The van der Waals surface area contributed by atoms with Crippen molar-refractivity contribution in [3.05, 3.63) is 54.1 Å². The summed E-state index contributed by atoms with van der Waals surface area (Å²) in [5.74, 6) is -0.203. The van der Waals surface area contributed by atoms with Gasteiger partial charge in [0.05, 0.1) is 11.5 Å².